The van der Waals surface area contributed by atoms with Gasteiger partial charge in [-0.25, -0.2) is 0 Å². The van der Waals surface area contributed by atoms with Crippen molar-refractivity contribution in [3.8, 4) is 17.6 Å². The van der Waals surface area contributed by atoms with E-state index in [1.54, 1.807) is 38.6 Å². The largest absolute Gasteiger partial charge is 0.493 e. The van der Waals surface area contributed by atoms with Crippen LogP contribution in [-0.4, -0.2) is 19.2 Å². The van der Waals surface area contributed by atoms with Gasteiger partial charge in [-0.3, -0.25) is 4.98 Å². The second kappa shape index (κ2) is 6.39. The molecule has 4 heteroatoms. The van der Waals surface area contributed by atoms with E-state index in [1.807, 2.05) is 24.3 Å². The summed E-state index contributed by atoms with van der Waals surface area (Å²) in [5.41, 5.74) is 1.99. The number of hydrogen-bond donors (Lipinski definition) is 0. The number of nitrogens with zero attached hydrogens (tertiary/aromatic N) is 2. The van der Waals surface area contributed by atoms with Crippen molar-refractivity contribution < 1.29 is 9.47 Å². The maximum Gasteiger partial charge on any atom is 0.161 e. The standard InChI is InChI=1S/C16H14N2O2/c1-19-15-7-6-12(10-16(15)20-2)9-13(11-17)14-5-3-4-8-18-14/h3-10H,1-2H3/b13-9+. The van der Waals surface area contributed by atoms with Crippen LogP contribution in [0, 0.1) is 11.3 Å². The molecule has 2 aromatic rings. The first-order valence-corrected chi connectivity index (χ1v) is 6.03. The number of allylic oxidation sites excluding steroid dienone is 1. The van der Waals surface area contributed by atoms with Crippen LogP contribution in [0.25, 0.3) is 11.6 Å². The van der Waals surface area contributed by atoms with Crippen LogP contribution in [0.4, 0.5) is 0 Å². The van der Waals surface area contributed by atoms with E-state index in [9.17, 15) is 5.26 Å². The third-order valence-electron chi connectivity index (χ3n) is 2.78. The topological polar surface area (TPSA) is 55.1 Å². The van der Waals surface area contributed by atoms with Crippen molar-refractivity contribution >= 4 is 11.6 Å². The molecule has 0 saturated heterocycles. The zero-order chi connectivity index (χ0) is 14.4. The molecule has 0 fully saturated rings. The molecule has 0 amide bonds. The van der Waals surface area contributed by atoms with Crippen LogP contribution in [0.1, 0.15) is 11.3 Å². The van der Waals surface area contributed by atoms with Gasteiger partial charge in [0.1, 0.15) is 6.07 Å². The minimum atomic E-state index is 0.498. The third kappa shape index (κ3) is 2.96. The summed E-state index contributed by atoms with van der Waals surface area (Å²) in [5, 5.41) is 9.25. The van der Waals surface area contributed by atoms with E-state index in [4.69, 9.17) is 9.47 Å². The van der Waals surface area contributed by atoms with Crippen LogP contribution in [0.3, 0.4) is 0 Å². The van der Waals surface area contributed by atoms with Crippen LogP contribution < -0.4 is 9.47 Å². The predicted octanol–water partition coefficient (Wildman–Crippen LogP) is 3.16. The van der Waals surface area contributed by atoms with Crippen molar-refractivity contribution in [3.05, 3.63) is 53.9 Å². The molecule has 2 rings (SSSR count). The van der Waals surface area contributed by atoms with Gasteiger partial charge in [0.2, 0.25) is 0 Å². The molecular weight excluding hydrogens is 252 g/mol. The van der Waals surface area contributed by atoms with Crippen molar-refractivity contribution in [3.63, 3.8) is 0 Å². The minimum Gasteiger partial charge on any atom is -0.493 e. The molecule has 1 aromatic carbocycles. The van der Waals surface area contributed by atoms with E-state index in [0.29, 0.717) is 22.8 Å². The number of pyridine rings is 1. The number of hydrogen-bond acceptors (Lipinski definition) is 4. The van der Waals surface area contributed by atoms with Crippen LogP contribution >= 0.6 is 0 Å². The number of aromatic nitrogens is 1. The van der Waals surface area contributed by atoms with E-state index >= 15 is 0 Å². The van der Waals surface area contributed by atoms with Crippen LogP contribution in [-0.2, 0) is 0 Å². The maximum atomic E-state index is 9.25. The van der Waals surface area contributed by atoms with Gasteiger partial charge in [-0.15, -0.1) is 0 Å². The molecule has 1 heterocycles. The van der Waals surface area contributed by atoms with Gasteiger partial charge >= 0.3 is 0 Å². The lowest BCUT2D eigenvalue weighted by atomic mass is 10.1. The summed E-state index contributed by atoms with van der Waals surface area (Å²) >= 11 is 0. The SMILES string of the molecule is COc1ccc(/C=C(\C#N)c2ccccn2)cc1OC. The fraction of sp³-hybridized carbons (Fsp3) is 0.125. The van der Waals surface area contributed by atoms with E-state index in [1.165, 1.54) is 0 Å². The highest BCUT2D eigenvalue weighted by Gasteiger charge is 2.06. The number of methoxy groups -OCH3 is 2. The molecule has 0 saturated carbocycles. The Hall–Kier alpha value is -2.80. The van der Waals surface area contributed by atoms with E-state index in [-0.39, 0.29) is 0 Å². The molecule has 0 aliphatic heterocycles. The zero-order valence-corrected chi connectivity index (χ0v) is 11.3. The summed E-state index contributed by atoms with van der Waals surface area (Å²) in [4.78, 5) is 4.18. The Morgan fingerprint density at radius 1 is 1.15 bits per heavy atom. The molecule has 0 spiro atoms. The van der Waals surface area contributed by atoms with Gasteiger partial charge in [0, 0.05) is 6.20 Å². The van der Waals surface area contributed by atoms with Gasteiger partial charge in [0.15, 0.2) is 11.5 Å². The molecule has 0 N–H and O–H groups in total. The highest BCUT2D eigenvalue weighted by molar-refractivity contribution is 5.88. The van der Waals surface area contributed by atoms with Crippen molar-refractivity contribution in [2.75, 3.05) is 14.2 Å². The number of ether oxygens (including phenoxy) is 2. The first-order chi connectivity index (χ1) is 9.78. The van der Waals surface area contributed by atoms with Crippen molar-refractivity contribution in [1.82, 2.24) is 4.98 Å². The highest BCUT2D eigenvalue weighted by atomic mass is 16.5. The second-order valence-electron chi connectivity index (χ2n) is 4.00. The quantitative estimate of drug-likeness (QED) is 0.798. The Bertz CT molecular complexity index is 658. The van der Waals surface area contributed by atoms with Crippen LogP contribution in [0.15, 0.2) is 42.6 Å². The normalized spacial score (nSPS) is 10.8. The number of nitriles is 1. The Morgan fingerprint density at radius 2 is 1.95 bits per heavy atom. The number of benzene rings is 1. The van der Waals surface area contributed by atoms with Gasteiger partial charge in [-0.2, -0.15) is 5.26 Å². The zero-order valence-electron chi connectivity index (χ0n) is 11.3. The maximum absolute atomic E-state index is 9.25. The molecule has 0 unspecified atom stereocenters. The lowest BCUT2D eigenvalue weighted by molar-refractivity contribution is 0.355. The average molecular weight is 266 g/mol. The van der Waals surface area contributed by atoms with E-state index < -0.39 is 0 Å². The molecule has 4 nitrogen and oxygen atoms in total. The van der Waals surface area contributed by atoms with Crippen molar-refractivity contribution in [2.45, 2.75) is 0 Å². The lowest BCUT2D eigenvalue weighted by Gasteiger charge is -2.08. The van der Waals surface area contributed by atoms with Gasteiger partial charge in [-0.1, -0.05) is 12.1 Å². The molecule has 0 radical (unpaired) electrons. The fourth-order valence-electron chi connectivity index (χ4n) is 1.79. The highest BCUT2D eigenvalue weighted by Crippen LogP contribution is 2.29. The van der Waals surface area contributed by atoms with Crippen molar-refractivity contribution in [1.29, 1.82) is 5.26 Å². The van der Waals surface area contributed by atoms with Crippen LogP contribution in [0.5, 0.6) is 11.5 Å². The van der Waals surface area contributed by atoms with Crippen molar-refractivity contribution in [2.24, 2.45) is 0 Å². The lowest BCUT2D eigenvalue weighted by Crippen LogP contribution is -1.91. The Labute approximate surface area is 117 Å². The minimum absolute atomic E-state index is 0.498. The van der Waals surface area contributed by atoms with Crippen LogP contribution in [0.2, 0.25) is 0 Å². The summed E-state index contributed by atoms with van der Waals surface area (Å²) in [6, 6.07) is 13.1. The third-order valence-corrected chi connectivity index (χ3v) is 2.78. The summed E-state index contributed by atoms with van der Waals surface area (Å²) in [5.74, 6) is 1.28. The summed E-state index contributed by atoms with van der Waals surface area (Å²) in [7, 11) is 3.16. The summed E-state index contributed by atoms with van der Waals surface area (Å²) in [6.45, 7) is 0. The number of rotatable bonds is 4. The molecule has 100 valence electrons. The molecular formula is C16H14N2O2. The summed E-state index contributed by atoms with van der Waals surface area (Å²) in [6.07, 6.45) is 3.43. The van der Waals surface area contributed by atoms with Gasteiger partial charge < -0.3 is 9.47 Å². The smallest absolute Gasteiger partial charge is 0.161 e. The summed E-state index contributed by atoms with van der Waals surface area (Å²) < 4.78 is 10.4. The molecule has 0 aliphatic carbocycles. The Balaban J connectivity index is 2.41. The van der Waals surface area contributed by atoms with E-state index in [0.717, 1.165) is 5.56 Å². The Kier molecular flexibility index (Phi) is 4.35. The van der Waals surface area contributed by atoms with Gasteiger partial charge in [-0.05, 0) is 35.9 Å². The van der Waals surface area contributed by atoms with Gasteiger partial charge in [0.25, 0.3) is 0 Å². The fourth-order valence-corrected chi connectivity index (χ4v) is 1.79. The monoisotopic (exact) mass is 266 g/mol. The Morgan fingerprint density at radius 3 is 2.55 bits per heavy atom. The average Bonchev–Trinajstić information content (AvgIpc) is 2.53. The molecule has 20 heavy (non-hydrogen) atoms. The second-order valence-corrected chi connectivity index (χ2v) is 4.00. The van der Waals surface area contributed by atoms with Gasteiger partial charge in [0.05, 0.1) is 25.5 Å². The first-order valence-electron chi connectivity index (χ1n) is 6.03. The first kappa shape index (κ1) is 13.6. The molecule has 0 bridgehead atoms. The molecule has 0 atom stereocenters. The predicted molar refractivity (Wildman–Crippen MR) is 77.3 cm³/mol. The molecule has 0 aliphatic rings. The molecule has 1 aromatic heterocycles. The van der Waals surface area contributed by atoms with E-state index in [2.05, 4.69) is 11.1 Å².